The molecule has 1 atom stereocenters. The lowest BCUT2D eigenvalue weighted by Crippen LogP contribution is -2.40. The highest BCUT2D eigenvalue weighted by atomic mass is 32.2. The van der Waals surface area contributed by atoms with Crippen molar-refractivity contribution in [2.75, 3.05) is 37.1 Å². The Labute approximate surface area is 185 Å². The van der Waals surface area contributed by atoms with Crippen LogP contribution in [0.3, 0.4) is 0 Å². The second kappa shape index (κ2) is 10.2. The van der Waals surface area contributed by atoms with E-state index in [1.807, 2.05) is 55.4 Å². The number of nitrogens with zero attached hydrogens (tertiary/aromatic N) is 2. The Balaban J connectivity index is 1.88. The third-order valence-corrected chi connectivity index (χ3v) is 7.34. The summed E-state index contributed by atoms with van der Waals surface area (Å²) in [5, 5.41) is 0. The minimum atomic E-state index is -3.13. The van der Waals surface area contributed by atoms with Crippen LogP contribution in [-0.2, 0) is 16.4 Å². The number of hydrogen-bond acceptors (Lipinski definition) is 5. The van der Waals surface area contributed by atoms with Gasteiger partial charge in [0.25, 0.3) is 5.91 Å². The number of ether oxygens (including phenoxy) is 1. The van der Waals surface area contributed by atoms with Crippen LogP contribution in [0, 0.1) is 0 Å². The number of hydrogen-bond donors (Lipinski definition) is 0. The number of rotatable bonds is 9. The van der Waals surface area contributed by atoms with Gasteiger partial charge in [-0.3, -0.25) is 4.79 Å². The van der Waals surface area contributed by atoms with E-state index >= 15 is 0 Å². The molecule has 0 saturated carbocycles. The number of amides is 1. The van der Waals surface area contributed by atoms with E-state index in [4.69, 9.17) is 4.74 Å². The van der Waals surface area contributed by atoms with Crippen LogP contribution < -0.4 is 9.64 Å². The molecule has 6 nitrogen and oxygen atoms in total. The van der Waals surface area contributed by atoms with E-state index in [9.17, 15) is 13.2 Å². The van der Waals surface area contributed by atoms with Gasteiger partial charge in [-0.1, -0.05) is 37.6 Å². The van der Waals surface area contributed by atoms with Gasteiger partial charge in [-0.25, -0.2) is 8.42 Å². The highest BCUT2D eigenvalue weighted by Crippen LogP contribution is 2.27. The van der Waals surface area contributed by atoms with Gasteiger partial charge in [0.1, 0.15) is 5.75 Å². The Morgan fingerprint density at radius 2 is 1.81 bits per heavy atom. The smallest absolute Gasteiger partial charge is 0.258 e. The number of para-hydroxylation sites is 1. The molecule has 1 unspecified atom stereocenters. The van der Waals surface area contributed by atoms with Crippen molar-refractivity contribution in [2.24, 2.45) is 0 Å². The number of anilines is 1. The first-order valence-electron chi connectivity index (χ1n) is 10.8. The molecule has 1 amide bonds. The van der Waals surface area contributed by atoms with Crippen molar-refractivity contribution in [3.63, 3.8) is 0 Å². The van der Waals surface area contributed by atoms with E-state index in [1.54, 1.807) is 17.0 Å². The fourth-order valence-electron chi connectivity index (χ4n) is 3.73. The largest absolute Gasteiger partial charge is 0.493 e. The van der Waals surface area contributed by atoms with Gasteiger partial charge in [-0.05, 0) is 42.7 Å². The lowest BCUT2D eigenvalue weighted by atomic mass is 10.1. The predicted octanol–water partition coefficient (Wildman–Crippen LogP) is 3.76. The number of unbranched alkanes of at least 4 members (excludes halogenated alkanes) is 1. The van der Waals surface area contributed by atoms with Gasteiger partial charge in [-0.15, -0.1) is 0 Å². The molecule has 168 valence electrons. The summed E-state index contributed by atoms with van der Waals surface area (Å²) >= 11 is 0. The van der Waals surface area contributed by atoms with E-state index in [1.165, 1.54) is 0 Å². The van der Waals surface area contributed by atoms with Crippen LogP contribution in [0.2, 0.25) is 0 Å². The number of benzene rings is 2. The van der Waals surface area contributed by atoms with Crippen molar-refractivity contribution in [2.45, 2.75) is 38.8 Å². The van der Waals surface area contributed by atoms with Crippen molar-refractivity contribution in [3.8, 4) is 5.75 Å². The van der Waals surface area contributed by atoms with E-state index in [-0.39, 0.29) is 23.5 Å². The molecule has 2 aromatic carbocycles. The molecule has 1 aliphatic rings. The van der Waals surface area contributed by atoms with Gasteiger partial charge < -0.3 is 14.5 Å². The van der Waals surface area contributed by atoms with E-state index in [0.717, 1.165) is 24.1 Å². The van der Waals surface area contributed by atoms with Crippen LogP contribution in [0.25, 0.3) is 0 Å². The fraction of sp³-hybridized carbons (Fsp3) is 0.458. The van der Waals surface area contributed by atoms with E-state index in [2.05, 4.69) is 6.92 Å². The average Bonchev–Trinajstić information content (AvgIpc) is 3.12. The molecule has 0 radical (unpaired) electrons. The predicted molar refractivity (Wildman–Crippen MR) is 125 cm³/mol. The normalized spacial score (nSPS) is 17.3. The zero-order valence-electron chi connectivity index (χ0n) is 18.6. The summed E-state index contributed by atoms with van der Waals surface area (Å²) < 4.78 is 30.2. The maximum atomic E-state index is 13.6. The number of sulfone groups is 1. The topological polar surface area (TPSA) is 66.9 Å². The molecule has 1 heterocycles. The monoisotopic (exact) mass is 444 g/mol. The Morgan fingerprint density at radius 1 is 1.10 bits per heavy atom. The molecule has 1 saturated heterocycles. The summed E-state index contributed by atoms with van der Waals surface area (Å²) in [6.07, 6.45) is 2.37. The van der Waals surface area contributed by atoms with Crippen LogP contribution in [0.1, 0.15) is 42.1 Å². The minimum absolute atomic E-state index is 0.00732. The molecule has 0 N–H and O–H groups in total. The lowest BCUT2D eigenvalue weighted by Gasteiger charge is -2.29. The Kier molecular flexibility index (Phi) is 7.59. The summed E-state index contributed by atoms with van der Waals surface area (Å²) in [6, 6.07) is 14.9. The zero-order chi connectivity index (χ0) is 22.4. The Bertz CT molecular complexity index is 987. The summed E-state index contributed by atoms with van der Waals surface area (Å²) in [7, 11) is 0.826. The molecule has 0 spiro atoms. The van der Waals surface area contributed by atoms with Gasteiger partial charge in [0, 0.05) is 32.4 Å². The summed E-state index contributed by atoms with van der Waals surface area (Å²) in [5.74, 6) is 0.490. The second-order valence-corrected chi connectivity index (χ2v) is 10.5. The van der Waals surface area contributed by atoms with Crippen LogP contribution in [0.15, 0.2) is 48.5 Å². The van der Waals surface area contributed by atoms with Crippen LogP contribution >= 0.6 is 0 Å². The second-order valence-electron chi connectivity index (χ2n) is 8.25. The zero-order valence-corrected chi connectivity index (χ0v) is 19.4. The first-order valence-corrected chi connectivity index (χ1v) is 12.6. The SMILES string of the molecule is CCCCOc1ccccc1C(=O)N(Cc1ccc(N(C)C)cc1)C1CCS(=O)(=O)C1. The van der Waals surface area contributed by atoms with E-state index in [0.29, 0.717) is 30.9 Å². The first-order chi connectivity index (χ1) is 14.8. The molecule has 7 heteroatoms. The minimum Gasteiger partial charge on any atom is -0.493 e. The quantitative estimate of drug-likeness (QED) is 0.551. The molecule has 3 rings (SSSR count). The molecular weight excluding hydrogens is 412 g/mol. The summed E-state index contributed by atoms with van der Waals surface area (Å²) in [6.45, 7) is 2.99. The number of carbonyl (C=O) groups excluding carboxylic acids is 1. The molecule has 1 aliphatic heterocycles. The molecular formula is C24H32N2O4S. The first kappa shape index (κ1) is 23.1. The summed E-state index contributed by atoms with van der Waals surface area (Å²) in [5.41, 5.74) is 2.51. The van der Waals surface area contributed by atoms with Gasteiger partial charge in [-0.2, -0.15) is 0 Å². The lowest BCUT2D eigenvalue weighted by molar-refractivity contribution is 0.0676. The summed E-state index contributed by atoms with van der Waals surface area (Å²) in [4.78, 5) is 17.3. The highest BCUT2D eigenvalue weighted by molar-refractivity contribution is 7.91. The van der Waals surface area contributed by atoms with Gasteiger partial charge >= 0.3 is 0 Å². The maximum Gasteiger partial charge on any atom is 0.258 e. The molecule has 0 aliphatic carbocycles. The molecule has 2 aromatic rings. The number of carbonyl (C=O) groups is 1. The Hall–Kier alpha value is -2.54. The van der Waals surface area contributed by atoms with Crippen LogP contribution in [0.4, 0.5) is 5.69 Å². The third kappa shape index (κ3) is 6.00. The van der Waals surface area contributed by atoms with Gasteiger partial charge in [0.15, 0.2) is 9.84 Å². The Morgan fingerprint density at radius 3 is 2.42 bits per heavy atom. The van der Waals surface area contributed by atoms with Gasteiger partial charge in [0.05, 0.1) is 23.7 Å². The average molecular weight is 445 g/mol. The standard InChI is InChI=1S/C24H32N2O4S/c1-4-5-15-30-23-9-7-6-8-22(23)24(27)26(21-14-16-31(28,29)18-21)17-19-10-12-20(13-11-19)25(2)3/h6-13,21H,4-5,14-18H2,1-3H3. The molecule has 0 aromatic heterocycles. The van der Waals surface area contributed by atoms with E-state index < -0.39 is 9.84 Å². The van der Waals surface area contributed by atoms with Crippen molar-refractivity contribution in [1.29, 1.82) is 0 Å². The fourth-order valence-corrected chi connectivity index (χ4v) is 5.47. The van der Waals surface area contributed by atoms with Crippen LogP contribution in [-0.4, -0.2) is 57.5 Å². The van der Waals surface area contributed by atoms with Crippen molar-refractivity contribution >= 4 is 21.4 Å². The molecule has 0 bridgehead atoms. The molecule has 31 heavy (non-hydrogen) atoms. The third-order valence-electron chi connectivity index (χ3n) is 5.59. The van der Waals surface area contributed by atoms with Crippen molar-refractivity contribution in [3.05, 3.63) is 59.7 Å². The highest BCUT2D eigenvalue weighted by Gasteiger charge is 2.35. The molecule has 1 fully saturated rings. The van der Waals surface area contributed by atoms with Crippen molar-refractivity contribution < 1.29 is 17.9 Å². The van der Waals surface area contributed by atoms with Crippen molar-refractivity contribution in [1.82, 2.24) is 4.90 Å². The maximum absolute atomic E-state index is 13.6. The van der Waals surface area contributed by atoms with Crippen LogP contribution in [0.5, 0.6) is 5.75 Å². The van der Waals surface area contributed by atoms with Gasteiger partial charge in [0.2, 0.25) is 0 Å².